The summed E-state index contributed by atoms with van der Waals surface area (Å²) in [5.74, 6) is -0.241. The Morgan fingerprint density at radius 1 is 1.40 bits per heavy atom. The van der Waals surface area contributed by atoms with Crippen molar-refractivity contribution >= 4 is 17.6 Å². The van der Waals surface area contributed by atoms with Crippen LogP contribution in [0.5, 0.6) is 0 Å². The molecule has 1 heterocycles. The SMILES string of the molecule is Cc1cccc(C(C)C)c1NC(=O)CN1C[C@@H]2CCC[C@@]2(C(=O)O)C1. The maximum atomic E-state index is 12.6. The lowest BCUT2D eigenvalue weighted by molar-refractivity contribution is -0.149. The first kappa shape index (κ1) is 17.9. The molecule has 0 bridgehead atoms. The van der Waals surface area contributed by atoms with E-state index in [0.717, 1.165) is 36.1 Å². The average molecular weight is 344 g/mol. The molecule has 1 saturated carbocycles. The number of carboxylic acids is 1. The van der Waals surface area contributed by atoms with E-state index in [1.807, 2.05) is 30.0 Å². The molecule has 1 aromatic rings. The number of anilines is 1. The molecule has 5 heteroatoms. The minimum absolute atomic E-state index is 0.0586. The topological polar surface area (TPSA) is 69.6 Å². The van der Waals surface area contributed by atoms with Gasteiger partial charge in [-0.05, 0) is 42.7 Å². The molecular formula is C20H28N2O3. The molecule has 0 unspecified atom stereocenters. The van der Waals surface area contributed by atoms with Gasteiger partial charge < -0.3 is 10.4 Å². The molecule has 2 atom stereocenters. The third-order valence-corrected chi connectivity index (χ3v) is 5.93. The van der Waals surface area contributed by atoms with Crippen LogP contribution in [0, 0.1) is 18.3 Å². The number of fused-ring (bicyclic) bond motifs is 1. The van der Waals surface area contributed by atoms with Gasteiger partial charge in [-0.3, -0.25) is 14.5 Å². The highest BCUT2D eigenvalue weighted by atomic mass is 16.4. The van der Waals surface area contributed by atoms with Crippen LogP contribution in [0.15, 0.2) is 18.2 Å². The fraction of sp³-hybridized carbons (Fsp3) is 0.600. The summed E-state index contributed by atoms with van der Waals surface area (Å²) in [5.41, 5.74) is 2.45. The molecule has 0 radical (unpaired) electrons. The van der Waals surface area contributed by atoms with E-state index in [1.54, 1.807) is 0 Å². The number of likely N-dealkylation sites (tertiary alicyclic amines) is 1. The van der Waals surface area contributed by atoms with E-state index in [4.69, 9.17) is 0 Å². The zero-order chi connectivity index (χ0) is 18.2. The summed E-state index contributed by atoms with van der Waals surface area (Å²) in [6.07, 6.45) is 2.68. The van der Waals surface area contributed by atoms with E-state index < -0.39 is 11.4 Å². The van der Waals surface area contributed by atoms with Crippen LogP contribution in [0.25, 0.3) is 0 Å². The third kappa shape index (κ3) is 3.30. The Kier molecular flexibility index (Phi) is 4.87. The Labute approximate surface area is 149 Å². The van der Waals surface area contributed by atoms with Crippen molar-refractivity contribution in [3.63, 3.8) is 0 Å². The number of nitrogens with one attached hydrogen (secondary N) is 1. The molecule has 2 fully saturated rings. The molecule has 136 valence electrons. The van der Waals surface area contributed by atoms with Gasteiger partial charge in [-0.15, -0.1) is 0 Å². The number of amides is 1. The third-order valence-electron chi connectivity index (χ3n) is 5.93. The van der Waals surface area contributed by atoms with Crippen LogP contribution in [-0.2, 0) is 9.59 Å². The van der Waals surface area contributed by atoms with Crippen molar-refractivity contribution in [3.8, 4) is 0 Å². The summed E-state index contributed by atoms with van der Waals surface area (Å²) >= 11 is 0. The fourth-order valence-corrected chi connectivity index (χ4v) is 4.59. The maximum absolute atomic E-state index is 12.6. The summed E-state index contributed by atoms with van der Waals surface area (Å²) in [5, 5.41) is 12.7. The Hall–Kier alpha value is -1.88. The normalized spacial score (nSPS) is 26.0. The largest absolute Gasteiger partial charge is 0.481 e. The second-order valence-corrected chi connectivity index (χ2v) is 7.96. The second-order valence-electron chi connectivity index (χ2n) is 7.96. The van der Waals surface area contributed by atoms with Gasteiger partial charge in [0.25, 0.3) is 0 Å². The van der Waals surface area contributed by atoms with Gasteiger partial charge in [0, 0.05) is 18.8 Å². The van der Waals surface area contributed by atoms with E-state index in [1.165, 1.54) is 0 Å². The van der Waals surface area contributed by atoms with E-state index in [-0.39, 0.29) is 18.4 Å². The highest BCUT2D eigenvalue weighted by Gasteiger charge is 2.54. The van der Waals surface area contributed by atoms with Gasteiger partial charge in [0.15, 0.2) is 0 Å². The lowest BCUT2D eigenvalue weighted by Gasteiger charge is -2.23. The Morgan fingerprint density at radius 3 is 2.80 bits per heavy atom. The molecule has 25 heavy (non-hydrogen) atoms. The molecule has 2 N–H and O–H groups in total. The van der Waals surface area contributed by atoms with Crippen LogP contribution < -0.4 is 5.32 Å². The highest BCUT2D eigenvalue weighted by Crippen LogP contribution is 2.48. The Morgan fingerprint density at radius 2 is 2.16 bits per heavy atom. The number of carbonyl (C=O) groups is 2. The summed E-state index contributed by atoms with van der Waals surface area (Å²) in [4.78, 5) is 26.4. The van der Waals surface area contributed by atoms with Gasteiger partial charge in [0.2, 0.25) is 5.91 Å². The predicted octanol–water partition coefficient (Wildman–Crippen LogP) is 3.24. The van der Waals surface area contributed by atoms with E-state index >= 15 is 0 Å². The number of carboxylic acid groups (broad SMARTS) is 1. The first-order chi connectivity index (χ1) is 11.8. The lowest BCUT2D eigenvalue weighted by atomic mass is 9.81. The van der Waals surface area contributed by atoms with E-state index in [2.05, 4.69) is 19.2 Å². The Balaban J connectivity index is 1.68. The summed E-state index contributed by atoms with van der Waals surface area (Å²) < 4.78 is 0. The molecule has 1 aliphatic carbocycles. The summed E-state index contributed by atoms with van der Waals surface area (Å²) in [6, 6.07) is 6.06. The van der Waals surface area contributed by atoms with Crippen LogP contribution >= 0.6 is 0 Å². The molecule has 1 aliphatic heterocycles. The zero-order valence-electron chi connectivity index (χ0n) is 15.3. The van der Waals surface area contributed by atoms with Gasteiger partial charge in [0.1, 0.15) is 0 Å². The monoisotopic (exact) mass is 344 g/mol. The van der Waals surface area contributed by atoms with E-state index in [0.29, 0.717) is 19.0 Å². The smallest absolute Gasteiger partial charge is 0.311 e. The predicted molar refractivity (Wildman–Crippen MR) is 97.7 cm³/mol. The van der Waals surface area contributed by atoms with Crippen LogP contribution in [0.2, 0.25) is 0 Å². The van der Waals surface area contributed by atoms with Gasteiger partial charge in [-0.1, -0.05) is 38.5 Å². The number of benzene rings is 1. The molecule has 2 aliphatic rings. The number of hydrogen-bond acceptors (Lipinski definition) is 3. The number of rotatable bonds is 5. The van der Waals surface area contributed by atoms with Gasteiger partial charge >= 0.3 is 5.97 Å². The van der Waals surface area contributed by atoms with Crippen molar-refractivity contribution in [2.75, 3.05) is 25.0 Å². The van der Waals surface area contributed by atoms with Crippen LogP contribution in [0.3, 0.4) is 0 Å². The molecule has 3 rings (SSSR count). The van der Waals surface area contributed by atoms with Crippen LogP contribution in [-0.4, -0.2) is 41.5 Å². The number of hydrogen-bond donors (Lipinski definition) is 2. The van der Waals surface area contributed by atoms with Gasteiger partial charge in [0.05, 0.1) is 12.0 Å². The number of nitrogens with zero attached hydrogens (tertiary/aromatic N) is 1. The van der Waals surface area contributed by atoms with Crippen molar-refractivity contribution in [2.24, 2.45) is 11.3 Å². The van der Waals surface area contributed by atoms with Crippen LogP contribution in [0.1, 0.15) is 50.2 Å². The van der Waals surface area contributed by atoms with Crippen molar-refractivity contribution in [3.05, 3.63) is 29.3 Å². The van der Waals surface area contributed by atoms with Crippen LogP contribution in [0.4, 0.5) is 5.69 Å². The van der Waals surface area contributed by atoms with Gasteiger partial charge in [-0.2, -0.15) is 0 Å². The second kappa shape index (κ2) is 6.79. The molecule has 5 nitrogen and oxygen atoms in total. The Bertz CT molecular complexity index is 686. The minimum atomic E-state index is -0.695. The standard InChI is InChI=1S/C20H28N2O3/c1-13(2)16-8-4-6-14(3)18(16)21-17(23)11-22-10-15-7-5-9-20(15,12-22)19(24)25/h4,6,8,13,15H,5,7,9-12H2,1-3H3,(H,21,23)(H,24,25)/t15-,20+/m0/s1. The fourth-order valence-electron chi connectivity index (χ4n) is 4.59. The minimum Gasteiger partial charge on any atom is -0.481 e. The molecule has 1 aromatic carbocycles. The number of aryl methyl sites for hydroxylation is 1. The number of aliphatic carboxylic acids is 1. The molecule has 0 spiro atoms. The molecule has 1 saturated heterocycles. The lowest BCUT2D eigenvalue weighted by Crippen LogP contribution is -2.37. The van der Waals surface area contributed by atoms with Crippen molar-refractivity contribution in [1.82, 2.24) is 4.90 Å². The van der Waals surface area contributed by atoms with Crippen molar-refractivity contribution < 1.29 is 14.7 Å². The first-order valence-electron chi connectivity index (χ1n) is 9.18. The van der Waals surface area contributed by atoms with Crippen molar-refractivity contribution in [2.45, 2.75) is 46.0 Å². The average Bonchev–Trinajstić information content (AvgIpc) is 3.06. The zero-order valence-corrected chi connectivity index (χ0v) is 15.3. The first-order valence-corrected chi connectivity index (χ1v) is 9.18. The summed E-state index contributed by atoms with van der Waals surface area (Å²) in [7, 11) is 0. The van der Waals surface area contributed by atoms with Crippen molar-refractivity contribution in [1.29, 1.82) is 0 Å². The maximum Gasteiger partial charge on any atom is 0.311 e. The van der Waals surface area contributed by atoms with E-state index in [9.17, 15) is 14.7 Å². The molecule has 1 amide bonds. The number of carbonyl (C=O) groups excluding carboxylic acids is 1. The number of para-hydroxylation sites is 1. The van der Waals surface area contributed by atoms with Gasteiger partial charge in [-0.25, -0.2) is 0 Å². The molecular weight excluding hydrogens is 316 g/mol. The summed E-state index contributed by atoms with van der Waals surface area (Å²) in [6.45, 7) is 7.69. The highest BCUT2D eigenvalue weighted by molar-refractivity contribution is 5.94. The molecule has 0 aromatic heterocycles. The quantitative estimate of drug-likeness (QED) is 0.860.